The van der Waals surface area contributed by atoms with Gasteiger partial charge in [-0.25, -0.2) is 9.59 Å². The zero-order valence-electron chi connectivity index (χ0n) is 10.7. The van der Waals surface area contributed by atoms with Crippen LogP contribution in [0.1, 0.15) is 34.1 Å². The molecule has 0 bridgehead atoms. The SMILES string of the molecule is COC(=O)C(CC(C)C)NC(=O)NC(C)C. The maximum absolute atomic E-state index is 11.4. The molecule has 0 rings (SSSR count). The highest BCUT2D eigenvalue weighted by atomic mass is 16.5. The highest BCUT2D eigenvalue weighted by molar-refractivity contribution is 5.83. The Labute approximate surface area is 96.9 Å². The molecule has 0 fully saturated rings. The highest BCUT2D eigenvalue weighted by Crippen LogP contribution is 2.06. The maximum Gasteiger partial charge on any atom is 0.328 e. The van der Waals surface area contributed by atoms with Crippen molar-refractivity contribution in [1.29, 1.82) is 0 Å². The largest absolute Gasteiger partial charge is 0.467 e. The molecule has 0 aliphatic heterocycles. The van der Waals surface area contributed by atoms with Crippen LogP contribution in [0.4, 0.5) is 4.79 Å². The minimum atomic E-state index is -0.580. The zero-order chi connectivity index (χ0) is 12.7. The van der Waals surface area contributed by atoms with Crippen LogP contribution >= 0.6 is 0 Å². The molecule has 0 aromatic carbocycles. The number of rotatable bonds is 5. The standard InChI is InChI=1S/C11H22N2O3/c1-7(2)6-9(10(14)16-5)13-11(15)12-8(3)4/h7-9H,6H2,1-5H3,(H2,12,13,15). The second-order valence-electron chi connectivity index (χ2n) is 4.48. The lowest BCUT2D eigenvalue weighted by molar-refractivity contribution is -0.143. The predicted octanol–water partition coefficient (Wildman–Crippen LogP) is 1.28. The van der Waals surface area contributed by atoms with Crippen molar-refractivity contribution in [2.45, 2.75) is 46.2 Å². The van der Waals surface area contributed by atoms with Crippen LogP contribution in [0.5, 0.6) is 0 Å². The third-order valence-corrected chi connectivity index (χ3v) is 1.92. The average molecular weight is 230 g/mol. The first-order chi connectivity index (χ1) is 7.36. The Balaban J connectivity index is 4.31. The Hall–Kier alpha value is -1.26. The van der Waals surface area contributed by atoms with E-state index in [-0.39, 0.29) is 12.1 Å². The summed E-state index contributed by atoms with van der Waals surface area (Å²) in [6.45, 7) is 7.68. The van der Waals surface area contributed by atoms with Gasteiger partial charge in [-0.05, 0) is 26.2 Å². The molecule has 0 saturated heterocycles. The molecule has 0 radical (unpaired) electrons. The quantitative estimate of drug-likeness (QED) is 0.699. The molecule has 1 atom stereocenters. The molecule has 2 amide bonds. The normalized spacial score (nSPS) is 12.4. The van der Waals surface area contributed by atoms with Crippen LogP contribution in [-0.4, -0.2) is 31.2 Å². The fourth-order valence-electron chi connectivity index (χ4n) is 1.29. The molecule has 16 heavy (non-hydrogen) atoms. The van der Waals surface area contributed by atoms with Crippen molar-refractivity contribution in [3.63, 3.8) is 0 Å². The van der Waals surface area contributed by atoms with Crippen molar-refractivity contribution >= 4 is 12.0 Å². The van der Waals surface area contributed by atoms with Gasteiger partial charge in [0.2, 0.25) is 0 Å². The number of hydrogen-bond acceptors (Lipinski definition) is 3. The van der Waals surface area contributed by atoms with Crippen LogP contribution in [0.2, 0.25) is 0 Å². The van der Waals surface area contributed by atoms with E-state index in [0.29, 0.717) is 12.3 Å². The fourth-order valence-corrected chi connectivity index (χ4v) is 1.29. The molecule has 2 N–H and O–H groups in total. The molecule has 1 unspecified atom stereocenters. The summed E-state index contributed by atoms with van der Waals surface area (Å²) in [4.78, 5) is 22.8. The van der Waals surface area contributed by atoms with Gasteiger partial charge in [0.1, 0.15) is 6.04 Å². The highest BCUT2D eigenvalue weighted by Gasteiger charge is 2.22. The first-order valence-corrected chi connectivity index (χ1v) is 5.51. The number of ether oxygens (including phenoxy) is 1. The summed E-state index contributed by atoms with van der Waals surface area (Å²) < 4.78 is 4.64. The topological polar surface area (TPSA) is 67.4 Å². The Kier molecular flexibility index (Phi) is 6.53. The van der Waals surface area contributed by atoms with Crippen LogP contribution in [0.25, 0.3) is 0 Å². The summed E-state index contributed by atoms with van der Waals surface area (Å²) in [6, 6.07) is -0.882. The number of methoxy groups -OCH3 is 1. The summed E-state index contributed by atoms with van der Waals surface area (Å²) in [6.07, 6.45) is 0.568. The summed E-state index contributed by atoms with van der Waals surface area (Å²) in [5.74, 6) is -0.101. The van der Waals surface area contributed by atoms with Crippen molar-refractivity contribution in [2.75, 3.05) is 7.11 Å². The second-order valence-corrected chi connectivity index (χ2v) is 4.48. The van der Waals surface area contributed by atoms with E-state index < -0.39 is 12.0 Å². The predicted molar refractivity (Wildman–Crippen MR) is 62.1 cm³/mol. The van der Waals surface area contributed by atoms with E-state index >= 15 is 0 Å². The van der Waals surface area contributed by atoms with E-state index in [2.05, 4.69) is 15.4 Å². The van der Waals surface area contributed by atoms with Gasteiger partial charge in [-0.1, -0.05) is 13.8 Å². The van der Waals surface area contributed by atoms with E-state index in [1.54, 1.807) is 0 Å². The lowest BCUT2D eigenvalue weighted by Gasteiger charge is -2.19. The molecule has 0 aromatic heterocycles. The van der Waals surface area contributed by atoms with Crippen LogP contribution in [0, 0.1) is 5.92 Å². The third kappa shape index (κ3) is 6.27. The molecule has 0 aliphatic carbocycles. The van der Waals surface area contributed by atoms with Crippen molar-refractivity contribution in [2.24, 2.45) is 5.92 Å². The van der Waals surface area contributed by atoms with Crippen molar-refractivity contribution < 1.29 is 14.3 Å². The van der Waals surface area contributed by atoms with E-state index in [0.717, 1.165) is 0 Å². The summed E-state index contributed by atoms with van der Waals surface area (Å²) in [7, 11) is 1.32. The van der Waals surface area contributed by atoms with Gasteiger partial charge < -0.3 is 15.4 Å². The van der Waals surface area contributed by atoms with Gasteiger partial charge in [0.25, 0.3) is 0 Å². The van der Waals surface area contributed by atoms with Crippen LogP contribution in [0.3, 0.4) is 0 Å². The van der Waals surface area contributed by atoms with Gasteiger partial charge in [-0.3, -0.25) is 0 Å². The van der Waals surface area contributed by atoms with E-state index in [4.69, 9.17) is 0 Å². The van der Waals surface area contributed by atoms with Crippen LogP contribution in [0.15, 0.2) is 0 Å². The van der Waals surface area contributed by atoms with Gasteiger partial charge in [0, 0.05) is 6.04 Å². The molecule has 0 heterocycles. The number of carbonyl (C=O) groups is 2. The minimum absolute atomic E-state index is 0.0392. The van der Waals surface area contributed by atoms with Crippen LogP contribution < -0.4 is 10.6 Å². The smallest absolute Gasteiger partial charge is 0.328 e. The molecule has 5 nitrogen and oxygen atoms in total. The second kappa shape index (κ2) is 7.09. The molecule has 0 aliphatic rings. The molecular formula is C11H22N2O3. The first kappa shape index (κ1) is 14.7. The monoisotopic (exact) mass is 230 g/mol. The molecule has 94 valence electrons. The maximum atomic E-state index is 11.4. The number of esters is 1. The third-order valence-electron chi connectivity index (χ3n) is 1.92. The van der Waals surface area contributed by atoms with Gasteiger partial charge in [-0.15, -0.1) is 0 Å². The lowest BCUT2D eigenvalue weighted by Crippen LogP contribution is -2.48. The zero-order valence-corrected chi connectivity index (χ0v) is 10.7. The van der Waals surface area contributed by atoms with Crippen molar-refractivity contribution in [3.05, 3.63) is 0 Å². The molecular weight excluding hydrogens is 208 g/mol. The van der Waals surface area contributed by atoms with Gasteiger partial charge in [0.05, 0.1) is 7.11 Å². The van der Waals surface area contributed by atoms with Gasteiger partial charge in [-0.2, -0.15) is 0 Å². The Morgan fingerprint density at radius 1 is 1.12 bits per heavy atom. The number of carbonyl (C=O) groups excluding carboxylic acids is 2. The Morgan fingerprint density at radius 2 is 1.69 bits per heavy atom. The number of amides is 2. The van der Waals surface area contributed by atoms with E-state index in [1.807, 2.05) is 27.7 Å². The minimum Gasteiger partial charge on any atom is -0.467 e. The van der Waals surface area contributed by atoms with Crippen molar-refractivity contribution in [1.82, 2.24) is 10.6 Å². The number of nitrogens with one attached hydrogen (secondary N) is 2. The first-order valence-electron chi connectivity index (χ1n) is 5.51. The Bertz CT molecular complexity index is 239. The average Bonchev–Trinajstić information content (AvgIpc) is 2.13. The molecule has 0 spiro atoms. The van der Waals surface area contributed by atoms with Gasteiger partial charge in [0.15, 0.2) is 0 Å². The molecule has 0 saturated carbocycles. The number of hydrogen-bond donors (Lipinski definition) is 2. The fraction of sp³-hybridized carbons (Fsp3) is 0.818. The van der Waals surface area contributed by atoms with Crippen LogP contribution in [-0.2, 0) is 9.53 Å². The lowest BCUT2D eigenvalue weighted by atomic mass is 10.0. The molecule has 0 aromatic rings. The molecule has 5 heteroatoms. The number of urea groups is 1. The van der Waals surface area contributed by atoms with E-state index in [1.165, 1.54) is 7.11 Å². The van der Waals surface area contributed by atoms with Crippen molar-refractivity contribution in [3.8, 4) is 0 Å². The summed E-state index contributed by atoms with van der Waals surface area (Å²) in [5.41, 5.74) is 0. The summed E-state index contributed by atoms with van der Waals surface area (Å²) >= 11 is 0. The Morgan fingerprint density at radius 3 is 2.06 bits per heavy atom. The summed E-state index contributed by atoms with van der Waals surface area (Å²) in [5, 5.41) is 5.27. The van der Waals surface area contributed by atoms with Gasteiger partial charge >= 0.3 is 12.0 Å². The van der Waals surface area contributed by atoms with E-state index in [9.17, 15) is 9.59 Å².